The van der Waals surface area contributed by atoms with Gasteiger partial charge in [0, 0.05) is 5.92 Å². The molecule has 1 unspecified atom stereocenters. The number of Topliss-reactive ketones (excluding diaryl/α,β-unsaturated/α-hetero) is 1. The summed E-state index contributed by atoms with van der Waals surface area (Å²) >= 11 is 0. The summed E-state index contributed by atoms with van der Waals surface area (Å²) in [6.07, 6.45) is 1.44. The summed E-state index contributed by atoms with van der Waals surface area (Å²) in [7, 11) is 0. The molecule has 0 saturated heterocycles. The molecule has 0 aliphatic rings. The average molecular weight is 224 g/mol. The van der Waals surface area contributed by atoms with Crippen LogP contribution in [0.2, 0.25) is 0 Å². The number of rotatable bonds is 5. The van der Waals surface area contributed by atoms with Crippen molar-refractivity contribution in [3.63, 3.8) is 0 Å². The number of ether oxygens (including phenoxy) is 1. The molecule has 0 aliphatic carbocycles. The zero-order chi connectivity index (χ0) is 12.1. The first kappa shape index (κ1) is 12.5. The van der Waals surface area contributed by atoms with E-state index in [1.54, 1.807) is 32.9 Å². The fourth-order valence-corrected chi connectivity index (χ4v) is 1.39. The minimum absolute atomic E-state index is 0.187. The first-order chi connectivity index (χ1) is 7.57. The molecule has 0 aromatic carbocycles. The molecular weight excluding hydrogens is 208 g/mol. The van der Waals surface area contributed by atoms with Gasteiger partial charge in [0.1, 0.15) is 5.76 Å². The van der Waals surface area contributed by atoms with Gasteiger partial charge in [-0.3, -0.25) is 9.59 Å². The van der Waals surface area contributed by atoms with Crippen LogP contribution in [0.5, 0.6) is 0 Å². The first-order valence-electron chi connectivity index (χ1n) is 5.31. The van der Waals surface area contributed by atoms with E-state index in [9.17, 15) is 9.59 Å². The topological polar surface area (TPSA) is 56.5 Å². The molecule has 0 amide bonds. The third kappa shape index (κ3) is 2.72. The number of furan rings is 1. The van der Waals surface area contributed by atoms with Gasteiger partial charge in [-0.05, 0) is 19.1 Å². The summed E-state index contributed by atoms with van der Waals surface area (Å²) in [5, 5.41) is 0. The Kier molecular flexibility index (Phi) is 4.28. The lowest BCUT2D eigenvalue weighted by molar-refractivity contribution is -0.149. The van der Waals surface area contributed by atoms with Crippen molar-refractivity contribution < 1.29 is 18.7 Å². The Hall–Kier alpha value is -1.58. The molecule has 0 saturated carbocycles. The Balaban J connectivity index is 2.95. The minimum Gasteiger partial charge on any atom is -0.468 e. The molecule has 0 N–H and O–H groups in total. The Morgan fingerprint density at radius 1 is 1.44 bits per heavy atom. The van der Waals surface area contributed by atoms with Crippen molar-refractivity contribution >= 4 is 11.8 Å². The number of ketones is 1. The van der Waals surface area contributed by atoms with Crippen LogP contribution in [-0.4, -0.2) is 18.4 Å². The second-order valence-corrected chi connectivity index (χ2v) is 3.76. The Morgan fingerprint density at radius 2 is 2.12 bits per heavy atom. The molecule has 0 radical (unpaired) electrons. The average Bonchev–Trinajstić information content (AvgIpc) is 2.71. The second-order valence-electron chi connectivity index (χ2n) is 3.76. The van der Waals surface area contributed by atoms with Crippen LogP contribution in [0.1, 0.15) is 32.4 Å². The van der Waals surface area contributed by atoms with Crippen LogP contribution in [0.3, 0.4) is 0 Å². The van der Waals surface area contributed by atoms with Gasteiger partial charge in [-0.1, -0.05) is 13.8 Å². The lowest BCUT2D eigenvalue weighted by Gasteiger charge is -2.14. The molecule has 0 spiro atoms. The van der Waals surface area contributed by atoms with Crippen LogP contribution in [-0.2, 0) is 14.3 Å². The summed E-state index contributed by atoms with van der Waals surface area (Å²) in [5.41, 5.74) is 0. The molecule has 88 valence electrons. The fourth-order valence-electron chi connectivity index (χ4n) is 1.39. The molecule has 16 heavy (non-hydrogen) atoms. The van der Waals surface area contributed by atoms with E-state index < -0.39 is 11.9 Å². The summed E-state index contributed by atoms with van der Waals surface area (Å²) in [4.78, 5) is 23.6. The number of hydrogen-bond acceptors (Lipinski definition) is 4. The maximum Gasteiger partial charge on any atom is 0.324 e. The van der Waals surface area contributed by atoms with Crippen LogP contribution < -0.4 is 0 Å². The lowest BCUT2D eigenvalue weighted by atomic mass is 9.93. The van der Waals surface area contributed by atoms with Gasteiger partial charge in [0.15, 0.2) is 11.7 Å². The van der Waals surface area contributed by atoms with E-state index in [0.29, 0.717) is 5.76 Å². The molecule has 1 aromatic rings. The Morgan fingerprint density at radius 3 is 2.56 bits per heavy atom. The molecule has 1 aromatic heterocycles. The lowest BCUT2D eigenvalue weighted by Crippen LogP contribution is -2.27. The predicted octanol–water partition coefficient (Wildman–Crippen LogP) is 2.15. The predicted molar refractivity (Wildman–Crippen MR) is 57.9 cm³/mol. The van der Waals surface area contributed by atoms with Gasteiger partial charge in [-0.25, -0.2) is 0 Å². The Bertz CT molecular complexity index is 351. The van der Waals surface area contributed by atoms with E-state index >= 15 is 0 Å². The van der Waals surface area contributed by atoms with E-state index in [4.69, 9.17) is 9.15 Å². The smallest absolute Gasteiger partial charge is 0.324 e. The highest BCUT2D eigenvalue weighted by atomic mass is 16.5. The van der Waals surface area contributed by atoms with E-state index in [1.807, 2.05) is 0 Å². The van der Waals surface area contributed by atoms with Crippen molar-refractivity contribution in [1.82, 2.24) is 0 Å². The third-order valence-electron chi connectivity index (χ3n) is 2.20. The summed E-state index contributed by atoms with van der Waals surface area (Å²) in [6, 6.07) is 3.26. The minimum atomic E-state index is -0.935. The molecule has 1 heterocycles. The molecule has 0 aliphatic heterocycles. The normalized spacial score (nSPS) is 12.5. The molecule has 0 fully saturated rings. The quantitative estimate of drug-likeness (QED) is 0.568. The summed E-state index contributed by atoms with van der Waals surface area (Å²) in [5.74, 6) is -1.56. The van der Waals surface area contributed by atoms with Crippen molar-refractivity contribution in [2.45, 2.75) is 26.7 Å². The van der Waals surface area contributed by atoms with Gasteiger partial charge in [-0.2, -0.15) is 0 Å². The van der Waals surface area contributed by atoms with Crippen molar-refractivity contribution in [3.8, 4) is 0 Å². The fraction of sp³-hybridized carbons (Fsp3) is 0.500. The van der Waals surface area contributed by atoms with E-state index in [-0.39, 0.29) is 18.3 Å². The molecule has 1 rings (SSSR count). The summed E-state index contributed by atoms with van der Waals surface area (Å²) < 4.78 is 9.99. The third-order valence-corrected chi connectivity index (χ3v) is 2.20. The number of hydrogen-bond donors (Lipinski definition) is 0. The standard InChI is InChI=1S/C12H16O4/c1-4-15-12(14)10(11(13)8(2)3)9-6-5-7-16-9/h5-8,10H,4H2,1-3H3. The Labute approximate surface area is 94.6 Å². The van der Waals surface area contributed by atoms with Gasteiger partial charge in [0.05, 0.1) is 12.9 Å². The van der Waals surface area contributed by atoms with Gasteiger partial charge in [-0.15, -0.1) is 0 Å². The molecule has 0 bridgehead atoms. The van der Waals surface area contributed by atoms with Crippen LogP contribution in [0.15, 0.2) is 22.8 Å². The van der Waals surface area contributed by atoms with Gasteiger partial charge >= 0.3 is 5.97 Å². The largest absolute Gasteiger partial charge is 0.468 e. The zero-order valence-corrected chi connectivity index (χ0v) is 9.73. The van der Waals surface area contributed by atoms with E-state index in [0.717, 1.165) is 0 Å². The molecule has 4 heteroatoms. The number of carbonyl (C=O) groups excluding carboxylic acids is 2. The van der Waals surface area contributed by atoms with E-state index in [1.165, 1.54) is 6.26 Å². The second kappa shape index (κ2) is 5.49. The highest BCUT2D eigenvalue weighted by Crippen LogP contribution is 2.22. The summed E-state index contributed by atoms with van der Waals surface area (Å²) in [6.45, 7) is 5.45. The van der Waals surface area contributed by atoms with Crippen LogP contribution in [0.25, 0.3) is 0 Å². The van der Waals surface area contributed by atoms with Crippen molar-refractivity contribution in [3.05, 3.63) is 24.2 Å². The molecule has 1 atom stereocenters. The van der Waals surface area contributed by atoms with Gasteiger partial charge in [0.25, 0.3) is 0 Å². The SMILES string of the molecule is CCOC(=O)C(C(=O)C(C)C)c1ccco1. The highest BCUT2D eigenvalue weighted by molar-refractivity contribution is 6.04. The first-order valence-corrected chi connectivity index (χ1v) is 5.31. The zero-order valence-electron chi connectivity index (χ0n) is 9.73. The van der Waals surface area contributed by atoms with Crippen LogP contribution in [0.4, 0.5) is 0 Å². The molecular formula is C12H16O4. The highest BCUT2D eigenvalue weighted by Gasteiger charge is 2.33. The van der Waals surface area contributed by atoms with E-state index in [2.05, 4.69) is 0 Å². The molecule has 4 nitrogen and oxygen atoms in total. The van der Waals surface area contributed by atoms with Crippen LogP contribution >= 0.6 is 0 Å². The maximum atomic E-state index is 11.9. The van der Waals surface area contributed by atoms with Gasteiger partial charge < -0.3 is 9.15 Å². The van der Waals surface area contributed by atoms with Crippen molar-refractivity contribution in [2.75, 3.05) is 6.61 Å². The van der Waals surface area contributed by atoms with Crippen LogP contribution in [0, 0.1) is 5.92 Å². The number of esters is 1. The number of carbonyl (C=O) groups is 2. The van der Waals surface area contributed by atoms with Crippen molar-refractivity contribution in [1.29, 1.82) is 0 Å². The van der Waals surface area contributed by atoms with Gasteiger partial charge in [0.2, 0.25) is 0 Å². The van der Waals surface area contributed by atoms with Crippen molar-refractivity contribution in [2.24, 2.45) is 5.92 Å². The maximum absolute atomic E-state index is 11.9. The monoisotopic (exact) mass is 224 g/mol.